The fourth-order valence-electron chi connectivity index (χ4n) is 2.09. The largest absolute Gasteiger partial charge is 0.352 e. The van der Waals surface area contributed by atoms with Crippen molar-refractivity contribution in [3.63, 3.8) is 0 Å². The molecule has 0 aliphatic heterocycles. The van der Waals surface area contributed by atoms with Crippen molar-refractivity contribution in [3.8, 4) is 0 Å². The van der Waals surface area contributed by atoms with Gasteiger partial charge in [-0.15, -0.1) is 0 Å². The first-order valence-corrected chi connectivity index (χ1v) is 7.82. The number of nitrogens with one attached hydrogen (secondary N) is 1. The monoisotopic (exact) mass is 260 g/mol. The summed E-state index contributed by atoms with van der Waals surface area (Å²) in [4.78, 5) is 11.9. The third-order valence-corrected chi connectivity index (χ3v) is 5.00. The Hall–Kier alpha value is -0.420. The number of nitrogens with two attached hydrogens (primary N) is 1. The fraction of sp³-hybridized carbons (Fsp3) is 0.917. The van der Waals surface area contributed by atoms with E-state index in [1.54, 1.807) is 6.92 Å². The molecule has 0 aromatic rings. The predicted octanol–water partition coefficient (Wildman–Crippen LogP) is 0.920. The Kier molecular flexibility index (Phi) is 6.12. The average Bonchev–Trinajstić information content (AvgIpc) is 2.28. The minimum atomic E-state index is -1.17. The standard InChI is InChI=1S/C12H24N2O2S/c1-9(13)8-17(16)10(2)12(15)14-11-6-4-3-5-7-11/h9-11H,3-8,13H2,1-2H3,(H,14,15). The van der Waals surface area contributed by atoms with Crippen LogP contribution in [0, 0.1) is 0 Å². The predicted molar refractivity (Wildman–Crippen MR) is 71.1 cm³/mol. The Bertz CT molecular complexity index is 276. The molecular formula is C12H24N2O2S. The summed E-state index contributed by atoms with van der Waals surface area (Å²) < 4.78 is 11.8. The number of amides is 1. The van der Waals surface area contributed by atoms with Gasteiger partial charge in [0.15, 0.2) is 0 Å². The summed E-state index contributed by atoms with van der Waals surface area (Å²) >= 11 is 0. The molecule has 17 heavy (non-hydrogen) atoms. The third-order valence-electron chi connectivity index (χ3n) is 3.14. The lowest BCUT2D eigenvalue weighted by atomic mass is 9.95. The second-order valence-corrected chi connectivity index (χ2v) is 6.81. The number of carbonyl (C=O) groups is 1. The Morgan fingerprint density at radius 3 is 2.47 bits per heavy atom. The smallest absolute Gasteiger partial charge is 0.235 e. The van der Waals surface area contributed by atoms with E-state index in [2.05, 4.69) is 5.32 Å². The molecule has 0 spiro atoms. The van der Waals surface area contributed by atoms with Crippen molar-refractivity contribution in [1.29, 1.82) is 0 Å². The van der Waals surface area contributed by atoms with E-state index in [9.17, 15) is 9.00 Å². The van der Waals surface area contributed by atoms with Gasteiger partial charge in [0.2, 0.25) is 5.91 Å². The third kappa shape index (κ3) is 5.17. The number of rotatable bonds is 5. The molecule has 1 aliphatic rings. The molecule has 0 aromatic carbocycles. The number of hydrogen-bond acceptors (Lipinski definition) is 3. The molecule has 4 nitrogen and oxygen atoms in total. The lowest BCUT2D eigenvalue weighted by Gasteiger charge is -2.24. The summed E-state index contributed by atoms with van der Waals surface area (Å²) in [5.41, 5.74) is 5.59. The van der Waals surface area contributed by atoms with Crippen LogP contribution in [0.2, 0.25) is 0 Å². The number of hydrogen-bond donors (Lipinski definition) is 2. The van der Waals surface area contributed by atoms with Crippen molar-refractivity contribution in [2.45, 2.75) is 63.3 Å². The van der Waals surface area contributed by atoms with Crippen LogP contribution < -0.4 is 11.1 Å². The SMILES string of the molecule is CC(N)CS(=O)C(C)C(=O)NC1CCCCC1. The molecule has 1 rings (SSSR count). The highest BCUT2D eigenvalue weighted by molar-refractivity contribution is 7.86. The molecule has 100 valence electrons. The molecule has 1 amide bonds. The van der Waals surface area contributed by atoms with Crippen LogP contribution in [-0.2, 0) is 15.6 Å². The first-order chi connectivity index (χ1) is 8.00. The normalized spacial score (nSPS) is 22.8. The summed E-state index contributed by atoms with van der Waals surface area (Å²) in [6.45, 7) is 3.53. The zero-order valence-corrected chi connectivity index (χ0v) is 11.6. The zero-order valence-electron chi connectivity index (χ0n) is 10.8. The molecule has 1 aliphatic carbocycles. The molecule has 5 heteroatoms. The summed E-state index contributed by atoms with van der Waals surface area (Å²) in [6.07, 6.45) is 5.74. The Balaban J connectivity index is 2.37. The number of carbonyl (C=O) groups excluding carboxylic acids is 1. The molecule has 0 radical (unpaired) electrons. The van der Waals surface area contributed by atoms with Gasteiger partial charge >= 0.3 is 0 Å². The van der Waals surface area contributed by atoms with Gasteiger partial charge in [0.05, 0.1) is 0 Å². The maximum absolute atomic E-state index is 11.9. The minimum Gasteiger partial charge on any atom is -0.352 e. The van der Waals surface area contributed by atoms with Gasteiger partial charge in [0, 0.05) is 28.6 Å². The van der Waals surface area contributed by atoms with Crippen LogP contribution in [0.1, 0.15) is 46.0 Å². The van der Waals surface area contributed by atoms with E-state index in [0.29, 0.717) is 5.75 Å². The molecule has 3 N–H and O–H groups in total. The van der Waals surface area contributed by atoms with Crippen LogP contribution in [0.25, 0.3) is 0 Å². The van der Waals surface area contributed by atoms with Gasteiger partial charge in [-0.1, -0.05) is 19.3 Å². The summed E-state index contributed by atoms with van der Waals surface area (Å²) in [5, 5.41) is 2.54. The van der Waals surface area contributed by atoms with Crippen LogP contribution in [0.4, 0.5) is 0 Å². The highest BCUT2D eigenvalue weighted by Crippen LogP contribution is 2.17. The van der Waals surface area contributed by atoms with Crippen molar-refractivity contribution >= 4 is 16.7 Å². The molecule has 0 heterocycles. The molecule has 3 unspecified atom stereocenters. The van der Waals surface area contributed by atoms with Crippen molar-refractivity contribution in [3.05, 3.63) is 0 Å². The van der Waals surface area contributed by atoms with E-state index in [0.717, 1.165) is 12.8 Å². The van der Waals surface area contributed by atoms with E-state index in [4.69, 9.17) is 5.73 Å². The molecule has 0 saturated heterocycles. The molecule has 0 bridgehead atoms. The molecule has 1 fully saturated rings. The minimum absolute atomic E-state index is 0.0871. The van der Waals surface area contributed by atoms with Gasteiger partial charge in [0.1, 0.15) is 5.25 Å². The lowest BCUT2D eigenvalue weighted by Crippen LogP contribution is -2.44. The van der Waals surface area contributed by atoms with Gasteiger partial charge in [-0.2, -0.15) is 0 Å². The van der Waals surface area contributed by atoms with Crippen LogP contribution in [0.5, 0.6) is 0 Å². The summed E-state index contributed by atoms with van der Waals surface area (Å²) in [6, 6.07) is 0.159. The lowest BCUT2D eigenvalue weighted by molar-refractivity contribution is -0.121. The zero-order chi connectivity index (χ0) is 12.8. The maximum Gasteiger partial charge on any atom is 0.235 e. The van der Waals surface area contributed by atoms with Gasteiger partial charge < -0.3 is 11.1 Å². The highest BCUT2D eigenvalue weighted by Gasteiger charge is 2.23. The first kappa shape index (κ1) is 14.6. The van der Waals surface area contributed by atoms with Crippen molar-refractivity contribution in [1.82, 2.24) is 5.32 Å². The van der Waals surface area contributed by atoms with E-state index < -0.39 is 16.0 Å². The van der Waals surface area contributed by atoms with Crippen molar-refractivity contribution in [2.75, 3.05) is 5.75 Å². The second kappa shape index (κ2) is 7.11. The first-order valence-electron chi connectivity index (χ1n) is 6.44. The quantitative estimate of drug-likeness (QED) is 0.772. The molecular weight excluding hydrogens is 236 g/mol. The molecule has 1 saturated carbocycles. The van der Waals surface area contributed by atoms with Gasteiger partial charge in [-0.25, -0.2) is 0 Å². The van der Waals surface area contributed by atoms with E-state index in [1.165, 1.54) is 19.3 Å². The van der Waals surface area contributed by atoms with Crippen LogP contribution in [0.3, 0.4) is 0 Å². The van der Waals surface area contributed by atoms with Gasteiger partial charge in [-0.3, -0.25) is 9.00 Å². The van der Waals surface area contributed by atoms with E-state index in [1.807, 2.05) is 6.92 Å². The van der Waals surface area contributed by atoms with E-state index >= 15 is 0 Å². The maximum atomic E-state index is 11.9. The van der Waals surface area contributed by atoms with E-state index in [-0.39, 0.29) is 18.0 Å². The molecule has 3 atom stereocenters. The fourth-order valence-corrected chi connectivity index (χ4v) is 3.20. The van der Waals surface area contributed by atoms with Crippen molar-refractivity contribution < 1.29 is 9.00 Å². The van der Waals surface area contributed by atoms with Gasteiger partial charge in [0.25, 0.3) is 0 Å². The van der Waals surface area contributed by atoms with Crippen LogP contribution in [-0.4, -0.2) is 33.2 Å². The Morgan fingerprint density at radius 1 is 1.35 bits per heavy atom. The van der Waals surface area contributed by atoms with Crippen LogP contribution >= 0.6 is 0 Å². The summed E-state index contributed by atoms with van der Waals surface area (Å²) in [7, 11) is -1.17. The highest BCUT2D eigenvalue weighted by atomic mass is 32.2. The molecule has 0 aromatic heterocycles. The second-order valence-electron chi connectivity index (χ2n) is 5.01. The Labute approximate surface area is 106 Å². The topological polar surface area (TPSA) is 72.2 Å². The van der Waals surface area contributed by atoms with Crippen LogP contribution in [0.15, 0.2) is 0 Å². The average molecular weight is 260 g/mol. The Morgan fingerprint density at radius 2 is 1.94 bits per heavy atom. The van der Waals surface area contributed by atoms with Gasteiger partial charge in [-0.05, 0) is 26.7 Å². The van der Waals surface area contributed by atoms with Crippen molar-refractivity contribution in [2.24, 2.45) is 5.73 Å². The summed E-state index contributed by atoms with van der Waals surface area (Å²) in [5.74, 6) is 0.301.